The average Bonchev–Trinajstić information content (AvgIpc) is 2.92. The Morgan fingerprint density at radius 2 is 1.54 bits per heavy atom. The second-order valence-corrected chi connectivity index (χ2v) is 10.3. The number of rotatable bonds is 2. The van der Waals surface area contributed by atoms with Crippen molar-refractivity contribution in [1.29, 1.82) is 0 Å². The summed E-state index contributed by atoms with van der Waals surface area (Å²) < 4.78 is 11.2. The molecule has 0 aliphatic heterocycles. The molecule has 4 saturated carbocycles. The summed E-state index contributed by atoms with van der Waals surface area (Å²) in [7, 11) is 0. The monoisotopic (exact) mass is 390 g/mol. The molecule has 0 radical (unpaired) electrons. The molecule has 4 fully saturated rings. The fourth-order valence-electron chi connectivity index (χ4n) is 7.58. The highest BCUT2D eigenvalue weighted by molar-refractivity contribution is 5.83. The van der Waals surface area contributed by atoms with E-state index >= 15 is 0 Å². The Bertz CT molecular complexity index is 686. The zero-order valence-corrected chi connectivity index (χ0v) is 17.7. The van der Waals surface area contributed by atoms with Crippen molar-refractivity contribution in [2.45, 2.75) is 91.3 Å². The molecule has 0 bridgehead atoms. The number of carbonyl (C=O) groups is 3. The number of fused-ring (bicyclic) bond motifs is 5. The predicted octanol–water partition coefficient (Wildman–Crippen LogP) is 4.07. The van der Waals surface area contributed by atoms with Gasteiger partial charge in [-0.25, -0.2) is 0 Å². The van der Waals surface area contributed by atoms with Crippen molar-refractivity contribution in [3.05, 3.63) is 0 Å². The fourth-order valence-corrected chi connectivity index (χ4v) is 7.58. The van der Waals surface area contributed by atoms with Crippen LogP contribution in [-0.2, 0) is 23.9 Å². The van der Waals surface area contributed by atoms with Crippen molar-refractivity contribution in [2.24, 2.45) is 34.5 Å². The van der Waals surface area contributed by atoms with Crippen LogP contribution in [-0.4, -0.2) is 29.9 Å². The van der Waals surface area contributed by atoms with Gasteiger partial charge in [0.25, 0.3) is 0 Å². The van der Waals surface area contributed by atoms with Crippen LogP contribution in [0.15, 0.2) is 0 Å². The van der Waals surface area contributed by atoms with Gasteiger partial charge in [-0.1, -0.05) is 13.8 Å². The molecule has 8 atom stereocenters. The van der Waals surface area contributed by atoms with Gasteiger partial charge in [-0.3, -0.25) is 14.4 Å². The molecule has 0 aromatic rings. The molecule has 5 nitrogen and oxygen atoms in total. The minimum absolute atomic E-state index is 0.0337. The molecule has 0 aromatic heterocycles. The molecule has 28 heavy (non-hydrogen) atoms. The predicted molar refractivity (Wildman–Crippen MR) is 103 cm³/mol. The number of ketones is 1. The van der Waals surface area contributed by atoms with Gasteiger partial charge in [-0.05, 0) is 68.1 Å². The van der Waals surface area contributed by atoms with Crippen LogP contribution in [0, 0.1) is 34.5 Å². The molecule has 0 heterocycles. The van der Waals surface area contributed by atoms with Gasteiger partial charge in [0.1, 0.15) is 18.0 Å². The van der Waals surface area contributed by atoms with E-state index in [1.807, 2.05) is 0 Å². The van der Waals surface area contributed by atoms with E-state index in [4.69, 9.17) is 9.47 Å². The lowest BCUT2D eigenvalue weighted by Crippen LogP contribution is -2.58. The van der Waals surface area contributed by atoms with Crippen molar-refractivity contribution in [2.75, 3.05) is 0 Å². The Balaban J connectivity index is 1.57. The van der Waals surface area contributed by atoms with Crippen molar-refractivity contribution in [3.8, 4) is 0 Å². The Morgan fingerprint density at radius 1 is 0.893 bits per heavy atom. The van der Waals surface area contributed by atoms with E-state index in [0.717, 1.165) is 44.9 Å². The lowest BCUT2D eigenvalue weighted by Gasteiger charge is -2.59. The zero-order valence-electron chi connectivity index (χ0n) is 17.7. The largest absolute Gasteiger partial charge is 0.463 e. The first-order valence-electron chi connectivity index (χ1n) is 11.0. The van der Waals surface area contributed by atoms with Crippen LogP contribution in [0.3, 0.4) is 0 Å². The van der Waals surface area contributed by atoms with Crippen molar-refractivity contribution in [3.63, 3.8) is 0 Å². The number of carbonyl (C=O) groups excluding carboxylic acids is 3. The maximum atomic E-state index is 13.4. The van der Waals surface area contributed by atoms with E-state index in [2.05, 4.69) is 13.8 Å². The van der Waals surface area contributed by atoms with E-state index in [1.165, 1.54) is 13.8 Å². The smallest absolute Gasteiger partial charge is 0.302 e. The lowest BCUT2D eigenvalue weighted by atomic mass is 9.45. The van der Waals surface area contributed by atoms with Gasteiger partial charge < -0.3 is 9.47 Å². The highest BCUT2D eigenvalue weighted by Crippen LogP contribution is 2.65. The third-order valence-electron chi connectivity index (χ3n) is 8.98. The van der Waals surface area contributed by atoms with Crippen LogP contribution in [0.5, 0.6) is 0 Å². The number of esters is 2. The molecule has 0 saturated heterocycles. The van der Waals surface area contributed by atoms with Crippen LogP contribution in [0.4, 0.5) is 0 Å². The summed E-state index contributed by atoms with van der Waals surface area (Å²) in [6.45, 7) is 7.58. The third kappa shape index (κ3) is 3.00. The first-order chi connectivity index (χ1) is 13.1. The highest BCUT2D eigenvalue weighted by Gasteiger charge is 2.63. The van der Waals surface area contributed by atoms with Gasteiger partial charge in [0.05, 0.1) is 0 Å². The average molecular weight is 391 g/mol. The van der Waals surface area contributed by atoms with E-state index in [0.29, 0.717) is 30.0 Å². The summed E-state index contributed by atoms with van der Waals surface area (Å²) in [5.41, 5.74) is 0.0801. The molecule has 5 heteroatoms. The summed E-state index contributed by atoms with van der Waals surface area (Å²) in [6, 6.07) is 0. The lowest BCUT2D eigenvalue weighted by molar-refractivity contribution is -0.173. The van der Waals surface area contributed by atoms with Gasteiger partial charge in [0, 0.05) is 31.6 Å². The quantitative estimate of drug-likeness (QED) is 0.665. The van der Waals surface area contributed by atoms with E-state index in [-0.39, 0.29) is 40.9 Å². The van der Waals surface area contributed by atoms with Gasteiger partial charge in [0.2, 0.25) is 0 Å². The molecule has 4 rings (SSSR count). The van der Waals surface area contributed by atoms with Gasteiger partial charge in [0.15, 0.2) is 0 Å². The van der Waals surface area contributed by atoms with Gasteiger partial charge >= 0.3 is 11.9 Å². The maximum absolute atomic E-state index is 13.4. The molecule has 0 unspecified atom stereocenters. The molecular formula is C23H34O5. The molecule has 4 aliphatic rings. The minimum Gasteiger partial charge on any atom is -0.463 e. The number of ether oxygens (including phenoxy) is 2. The Hall–Kier alpha value is -1.39. The van der Waals surface area contributed by atoms with Crippen LogP contribution in [0.2, 0.25) is 0 Å². The summed E-state index contributed by atoms with van der Waals surface area (Å²) in [5, 5.41) is 0. The van der Waals surface area contributed by atoms with Crippen LogP contribution >= 0.6 is 0 Å². The van der Waals surface area contributed by atoms with Gasteiger partial charge in [-0.15, -0.1) is 0 Å². The summed E-state index contributed by atoms with van der Waals surface area (Å²) >= 11 is 0. The second-order valence-electron chi connectivity index (χ2n) is 10.3. The van der Waals surface area contributed by atoms with Crippen LogP contribution in [0.25, 0.3) is 0 Å². The SMILES string of the molecule is CC(=O)O[C@@H]1CC[C@@]2(C)[C@@H](CC(=O)[C@H]3[C@H]4CC[C@@H](OC(C)=O)[C@@]4(C)CC[C@@H]32)C1. The van der Waals surface area contributed by atoms with Crippen LogP contribution in [0.1, 0.15) is 79.1 Å². The highest BCUT2D eigenvalue weighted by atomic mass is 16.5. The molecule has 0 amide bonds. The maximum Gasteiger partial charge on any atom is 0.302 e. The Kier molecular flexibility index (Phi) is 4.86. The molecular weight excluding hydrogens is 356 g/mol. The number of Topliss-reactive ketones (excluding diaryl/α,β-unsaturated/α-hetero) is 1. The van der Waals surface area contributed by atoms with Crippen molar-refractivity contribution in [1.82, 2.24) is 0 Å². The normalized spacial score (nSPS) is 47.5. The Labute approximate surface area is 167 Å². The minimum atomic E-state index is -0.218. The first-order valence-corrected chi connectivity index (χ1v) is 11.0. The second kappa shape index (κ2) is 6.84. The molecule has 0 spiro atoms. The van der Waals surface area contributed by atoms with Crippen LogP contribution < -0.4 is 0 Å². The van der Waals surface area contributed by atoms with Crippen molar-refractivity contribution >= 4 is 17.7 Å². The summed E-state index contributed by atoms with van der Waals surface area (Å²) in [6.07, 6.45) is 7.21. The molecule has 0 aromatic carbocycles. The zero-order chi connectivity index (χ0) is 20.3. The fraction of sp³-hybridized carbons (Fsp3) is 0.870. The standard InChI is InChI=1S/C23H34O5/c1-13(24)27-16-7-9-22(3)15(11-16)12-19(26)21-17-5-6-20(28-14(2)25)23(17,4)10-8-18(21)22/h15-18,20-21H,5-12H2,1-4H3/t15-,16-,17-,18+,20-,21+,22+,23+/m1/s1. The van der Waals surface area contributed by atoms with E-state index in [9.17, 15) is 14.4 Å². The van der Waals surface area contributed by atoms with Gasteiger partial charge in [-0.2, -0.15) is 0 Å². The van der Waals surface area contributed by atoms with Crippen molar-refractivity contribution < 1.29 is 23.9 Å². The van der Waals surface area contributed by atoms with E-state index < -0.39 is 0 Å². The summed E-state index contributed by atoms with van der Waals surface area (Å²) in [4.78, 5) is 36.3. The molecule has 4 aliphatic carbocycles. The summed E-state index contributed by atoms with van der Waals surface area (Å²) in [5.74, 6) is 1.12. The topological polar surface area (TPSA) is 69.7 Å². The molecule has 156 valence electrons. The third-order valence-corrected chi connectivity index (χ3v) is 8.98. The van der Waals surface area contributed by atoms with E-state index in [1.54, 1.807) is 0 Å². The molecule has 0 N–H and O–H groups in total. The first kappa shape index (κ1) is 19.9. The Morgan fingerprint density at radius 3 is 2.21 bits per heavy atom. The number of hydrogen-bond acceptors (Lipinski definition) is 5. The number of hydrogen-bond donors (Lipinski definition) is 0.